The molecule has 24 heavy (non-hydrogen) atoms. The number of nitrogens with zero attached hydrogens (tertiary/aromatic N) is 3. The third-order valence-corrected chi connectivity index (χ3v) is 4.17. The Morgan fingerprint density at radius 2 is 1.83 bits per heavy atom. The van der Waals surface area contributed by atoms with Gasteiger partial charge in [-0.05, 0) is 18.6 Å². The van der Waals surface area contributed by atoms with Crippen LogP contribution < -0.4 is 5.32 Å². The van der Waals surface area contributed by atoms with Gasteiger partial charge in [-0.25, -0.2) is 4.98 Å². The molecule has 0 aliphatic carbocycles. The number of hydrogen-bond acceptors (Lipinski definition) is 5. The molecule has 1 heterocycles. The fraction of sp³-hybridized carbons (Fsp3) is 0.118. The van der Waals surface area contributed by atoms with Crippen LogP contribution in [0.15, 0.2) is 42.5 Å². The molecule has 0 saturated carbocycles. The Morgan fingerprint density at radius 1 is 1.08 bits per heavy atom. The van der Waals surface area contributed by atoms with Crippen molar-refractivity contribution in [1.82, 2.24) is 15.2 Å². The molecule has 0 bridgehead atoms. The molecule has 3 rings (SSSR count). The van der Waals surface area contributed by atoms with E-state index >= 15 is 0 Å². The minimum Gasteiger partial charge on any atom is -0.508 e. The molecule has 0 aliphatic rings. The molecular weight excluding hydrogens is 347 g/mol. The van der Waals surface area contributed by atoms with Crippen LogP contribution in [-0.4, -0.2) is 20.3 Å². The zero-order valence-electron chi connectivity index (χ0n) is 12.8. The Kier molecular flexibility index (Phi) is 4.83. The monoisotopic (exact) mass is 360 g/mol. The number of hydrogen-bond donors (Lipinski definition) is 2. The van der Waals surface area contributed by atoms with Crippen LogP contribution in [0.5, 0.6) is 5.75 Å². The van der Waals surface area contributed by atoms with Crippen molar-refractivity contribution in [2.45, 2.75) is 13.5 Å². The standard InChI is InChI=1S/C17H14Cl2N4O/c1-10-21-17(20-9-11-5-3-2-4-6-11)16(23-22-10)13-7-12(24)8-14(18)15(13)19/h2-8,24H,9H2,1H3,(H,20,21,22). The normalized spacial score (nSPS) is 10.6. The van der Waals surface area contributed by atoms with Gasteiger partial charge in [-0.3, -0.25) is 0 Å². The fourth-order valence-corrected chi connectivity index (χ4v) is 2.65. The first kappa shape index (κ1) is 16.5. The maximum Gasteiger partial charge on any atom is 0.157 e. The lowest BCUT2D eigenvalue weighted by atomic mass is 10.1. The summed E-state index contributed by atoms with van der Waals surface area (Å²) in [4.78, 5) is 4.40. The molecule has 0 saturated heterocycles. The highest BCUT2D eigenvalue weighted by Gasteiger charge is 2.16. The molecule has 0 atom stereocenters. The number of rotatable bonds is 4. The first-order valence-corrected chi connectivity index (χ1v) is 7.97. The Labute approximate surface area is 149 Å². The number of nitrogens with one attached hydrogen (secondary N) is 1. The average molecular weight is 361 g/mol. The van der Waals surface area contributed by atoms with Crippen LogP contribution in [0.4, 0.5) is 5.82 Å². The van der Waals surface area contributed by atoms with Gasteiger partial charge in [-0.1, -0.05) is 53.5 Å². The number of aromatic hydroxyl groups is 1. The highest BCUT2D eigenvalue weighted by molar-refractivity contribution is 6.43. The van der Waals surface area contributed by atoms with Crippen LogP contribution in [0.25, 0.3) is 11.3 Å². The van der Waals surface area contributed by atoms with Gasteiger partial charge in [0.15, 0.2) is 5.82 Å². The van der Waals surface area contributed by atoms with E-state index in [-0.39, 0.29) is 15.8 Å². The van der Waals surface area contributed by atoms with E-state index in [1.807, 2.05) is 30.3 Å². The second-order valence-corrected chi connectivity index (χ2v) is 5.97. The third kappa shape index (κ3) is 3.58. The van der Waals surface area contributed by atoms with Gasteiger partial charge in [0.05, 0.1) is 10.0 Å². The topological polar surface area (TPSA) is 70.9 Å². The van der Waals surface area contributed by atoms with Gasteiger partial charge < -0.3 is 10.4 Å². The van der Waals surface area contributed by atoms with Crippen molar-refractivity contribution in [3.63, 3.8) is 0 Å². The Balaban J connectivity index is 2.00. The van der Waals surface area contributed by atoms with Gasteiger partial charge in [0.25, 0.3) is 0 Å². The van der Waals surface area contributed by atoms with Crippen LogP contribution in [0, 0.1) is 6.92 Å². The number of phenolic OH excluding ortho intramolecular Hbond substituents is 1. The summed E-state index contributed by atoms with van der Waals surface area (Å²) in [6.45, 7) is 2.32. The van der Waals surface area contributed by atoms with Crippen LogP contribution >= 0.6 is 23.2 Å². The van der Waals surface area contributed by atoms with E-state index < -0.39 is 0 Å². The summed E-state index contributed by atoms with van der Waals surface area (Å²) >= 11 is 12.3. The summed E-state index contributed by atoms with van der Waals surface area (Å²) < 4.78 is 0. The van der Waals surface area contributed by atoms with Crippen LogP contribution in [0.1, 0.15) is 11.4 Å². The molecule has 0 fully saturated rings. The Morgan fingerprint density at radius 3 is 2.58 bits per heavy atom. The molecule has 0 radical (unpaired) electrons. The molecular formula is C17H14Cl2N4O. The maximum absolute atomic E-state index is 9.80. The van der Waals surface area contributed by atoms with E-state index in [9.17, 15) is 5.11 Å². The van der Waals surface area contributed by atoms with Gasteiger partial charge in [-0.15, -0.1) is 10.2 Å². The second kappa shape index (κ2) is 7.03. The molecule has 7 heteroatoms. The molecule has 0 unspecified atom stereocenters. The Hall–Kier alpha value is -2.37. The lowest BCUT2D eigenvalue weighted by Gasteiger charge is -2.12. The van der Waals surface area contributed by atoms with Crippen molar-refractivity contribution in [2.75, 3.05) is 5.32 Å². The van der Waals surface area contributed by atoms with Gasteiger partial charge >= 0.3 is 0 Å². The van der Waals surface area contributed by atoms with E-state index in [2.05, 4.69) is 20.5 Å². The van der Waals surface area contributed by atoms with Gasteiger partial charge in [0.1, 0.15) is 17.3 Å². The van der Waals surface area contributed by atoms with Gasteiger partial charge in [0.2, 0.25) is 0 Å². The van der Waals surface area contributed by atoms with E-state index in [1.165, 1.54) is 12.1 Å². The van der Waals surface area contributed by atoms with Gasteiger partial charge in [-0.2, -0.15) is 0 Å². The highest BCUT2D eigenvalue weighted by Crippen LogP contribution is 2.38. The van der Waals surface area contributed by atoms with Crippen LogP contribution in [0.3, 0.4) is 0 Å². The molecule has 0 spiro atoms. The molecule has 2 N–H and O–H groups in total. The summed E-state index contributed by atoms with van der Waals surface area (Å²) in [6, 6.07) is 12.8. The summed E-state index contributed by atoms with van der Waals surface area (Å²) in [5.74, 6) is 1.04. The smallest absolute Gasteiger partial charge is 0.157 e. The first-order chi connectivity index (χ1) is 11.5. The van der Waals surface area contributed by atoms with Crippen molar-refractivity contribution in [3.05, 3.63) is 63.9 Å². The van der Waals surface area contributed by atoms with Crippen molar-refractivity contribution in [2.24, 2.45) is 0 Å². The third-order valence-electron chi connectivity index (χ3n) is 3.36. The predicted molar refractivity (Wildman–Crippen MR) is 95.5 cm³/mol. The average Bonchev–Trinajstić information content (AvgIpc) is 2.57. The summed E-state index contributed by atoms with van der Waals surface area (Å²) in [5.41, 5.74) is 2.00. The van der Waals surface area contributed by atoms with Crippen molar-refractivity contribution in [1.29, 1.82) is 0 Å². The van der Waals surface area contributed by atoms with E-state index in [0.29, 0.717) is 29.4 Å². The number of aryl methyl sites for hydroxylation is 1. The number of benzene rings is 2. The molecule has 3 aromatic rings. The zero-order chi connectivity index (χ0) is 17.1. The van der Waals surface area contributed by atoms with Crippen LogP contribution in [-0.2, 0) is 6.54 Å². The first-order valence-electron chi connectivity index (χ1n) is 7.22. The Bertz CT molecular complexity index is 872. The second-order valence-electron chi connectivity index (χ2n) is 5.18. The summed E-state index contributed by atoms with van der Waals surface area (Å²) in [7, 11) is 0. The van der Waals surface area contributed by atoms with E-state index in [1.54, 1.807) is 6.92 Å². The molecule has 0 amide bonds. The largest absolute Gasteiger partial charge is 0.508 e. The molecule has 2 aromatic carbocycles. The van der Waals surface area contributed by atoms with Crippen molar-refractivity contribution >= 4 is 29.0 Å². The highest BCUT2D eigenvalue weighted by atomic mass is 35.5. The summed E-state index contributed by atoms with van der Waals surface area (Å²) in [6.07, 6.45) is 0. The number of phenols is 1. The quantitative estimate of drug-likeness (QED) is 0.717. The SMILES string of the molecule is Cc1nnc(-c2cc(O)cc(Cl)c2Cl)c(NCc2ccccc2)n1. The lowest BCUT2D eigenvalue weighted by molar-refractivity contribution is 0.475. The molecule has 122 valence electrons. The number of anilines is 1. The van der Waals surface area contributed by atoms with Gasteiger partial charge in [0, 0.05) is 18.2 Å². The number of halogens is 2. The number of aromatic nitrogens is 3. The summed E-state index contributed by atoms with van der Waals surface area (Å²) in [5, 5.41) is 21.7. The maximum atomic E-state index is 9.80. The lowest BCUT2D eigenvalue weighted by Crippen LogP contribution is -2.07. The van der Waals surface area contributed by atoms with Crippen molar-refractivity contribution < 1.29 is 5.11 Å². The zero-order valence-corrected chi connectivity index (χ0v) is 14.3. The minimum atomic E-state index is -0.00390. The van der Waals surface area contributed by atoms with Crippen molar-refractivity contribution in [3.8, 4) is 17.0 Å². The van der Waals surface area contributed by atoms with E-state index in [0.717, 1.165) is 5.56 Å². The molecule has 0 aliphatic heterocycles. The van der Waals surface area contributed by atoms with Crippen LogP contribution in [0.2, 0.25) is 10.0 Å². The molecule has 5 nitrogen and oxygen atoms in total. The van der Waals surface area contributed by atoms with E-state index in [4.69, 9.17) is 23.2 Å². The molecule has 1 aromatic heterocycles. The fourth-order valence-electron chi connectivity index (χ4n) is 2.24. The predicted octanol–water partition coefficient (Wildman–Crippen LogP) is 4.47. The minimum absolute atomic E-state index is 0.00390.